The topological polar surface area (TPSA) is 115 Å². The van der Waals surface area contributed by atoms with Crippen molar-refractivity contribution in [2.75, 3.05) is 43.5 Å². The van der Waals surface area contributed by atoms with Crippen LogP contribution in [0.2, 0.25) is 0 Å². The maximum absolute atomic E-state index is 13.3. The number of halogens is 1. The Balaban J connectivity index is 1.41. The SMILES string of the molecule is Nc1ncc(-c2cn3c4c(nc3c(N3CCOCC3)n2)CN(C(=O)c2ccc(F)cc2)CC4)cn1. The van der Waals surface area contributed by atoms with Crippen molar-refractivity contribution in [3.05, 3.63) is 65.6 Å². The molecule has 4 aromatic rings. The molecule has 1 saturated heterocycles. The van der Waals surface area contributed by atoms with Crippen LogP contribution in [0.4, 0.5) is 16.2 Å². The molecule has 2 aliphatic heterocycles. The number of fused-ring (bicyclic) bond motifs is 3. The zero-order valence-corrected chi connectivity index (χ0v) is 18.9. The first-order chi connectivity index (χ1) is 17.1. The highest BCUT2D eigenvalue weighted by molar-refractivity contribution is 5.94. The highest BCUT2D eigenvalue weighted by Gasteiger charge is 2.28. The van der Waals surface area contributed by atoms with Gasteiger partial charge in [-0.15, -0.1) is 0 Å². The number of morpholine rings is 1. The number of benzene rings is 1. The molecule has 35 heavy (non-hydrogen) atoms. The molecule has 1 amide bonds. The van der Waals surface area contributed by atoms with E-state index in [1.807, 2.05) is 6.20 Å². The minimum absolute atomic E-state index is 0.140. The van der Waals surface area contributed by atoms with E-state index in [9.17, 15) is 9.18 Å². The Labute approximate surface area is 200 Å². The van der Waals surface area contributed by atoms with Gasteiger partial charge in [-0.3, -0.25) is 9.20 Å². The molecule has 1 fully saturated rings. The molecule has 0 spiro atoms. The van der Waals surface area contributed by atoms with Crippen LogP contribution in [0.15, 0.2) is 42.9 Å². The number of nitrogen functional groups attached to an aromatic ring is 1. The Morgan fingerprint density at radius 3 is 2.51 bits per heavy atom. The summed E-state index contributed by atoms with van der Waals surface area (Å²) in [5.74, 6) is 0.454. The molecular formula is C24H23FN8O2. The molecule has 2 N–H and O–H groups in total. The Kier molecular flexibility index (Phi) is 5.25. The number of nitrogens with zero attached hydrogens (tertiary/aromatic N) is 7. The van der Waals surface area contributed by atoms with Crippen molar-refractivity contribution in [3.8, 4) is 11.3 Å². The van der Waals surface area contributed by atoms with Gasteiger partial charge in [-0.05, 0) is 24.3 Å². The average molecular weight is 475 g/mol. The zero-order valence-electron chi connectivity index (χ0n) is 18.9. The van der Waals surface area contributed by atoms with Crippen LogP contribution in [0.1, 0.15) is 21.7 Å². The second-order valence-corrected chi connectivity index (χ2v) is 8.56. The smallest absolute Gasteiger partial charge is 0.254 e. The Morgan fingerprint density at radius 1 is 1.03 bits per heavy atom. The second kappa shape index (κ2) is 8.58. The highest BCUT2D eigenvalue weighted by Crippen LogP contribution is 2.30. The number of hydrogen-bond acceptors (Lipinski definition) is 8. The molecule has 0 radical (unpaired) electrons. The quantitative estimate of drug-likeness (QED) is 0.479. The molecule has 0 saturated carbocycles. The van der Waals surface area contributed by atoms with Crippen LogP contribution in [0, 0.1) is 5.82 Å². The van der Waals surface area contributed by atoms with E-state index in [0.29, 0.717) is 57.1 Å². The molecule has 3 aromatic heterocycles. The summed E-state index contributed by atoms with van der Waals surface area (Å²) in [5.41, 5.74) is 10.2. The van der Waals surface area contributed by atoms with Gasteiger partial charge >= 0.3 is 0 Å². The maximum Gasteiger partial charge on any atom is 0.254 e. The van der Waals surface area contributed by atoms with Crippen molar-refractivity contribution >= 4 is 23.3 Å². The Morgan fingerprint density at radius 2 is 1.77 bits per heavy atom. The summed E-state index contributed by atoms with van der Waals surface area (Å²) >= 11 is 0. The summed E-state index contributed by atoms with van der Waals surface area (Å²) in [4.78, 5) is 35.0. The van der Waals surface area contributed by atoms with Gasteiger partial charge in [0.1, 0.15) is 5.82 Å². The minimum atomic E-state index is -0.367. The van der Waals surface area contributed by atoms with E-state index in [2.05, 4.69) is 19.3 Å². The summed E-state index contributed by atoms with van der Waals surface area (Å²) in [6.07, 6.45) is 5.89. The Bertz CT molecular complexity index is 1400. The van der Waals surface area contributed by atoms with Gasteiger partial charge < -0.3 is 20.3 Å². The summed E-state index contributed by atoms with van der Waals surface area (Å²) in [6.45, 7) is 3.55. The maximum atomic E-state index is 13.3. The molecule has 11 heteroatoms. The van der Waals surface area contributed by atoms with Gasteiger partial charge in [0.25, 0.3) is 5.91 Å². The van der Waals surface area contributed by atoms with Gasteiger partial charge in [0.05, 0.1) is 31.1 Å². The third kappa shape index (κ3) is 3.93. The molecule has 2 aliphatic rings. The standard InChI is InChI=1S/C24H23FN8O2/c25-17-3-1-15(2-4-17)23(34)32-6-5-20-19(13-32)30-22-21(31-7-9-35-10-8-31)29-18(14-33(20)22)16-11-27-24(26)28-12-16/h1-4,11-12,14H,5-10,13H2,(H2,26,27,28). The number of amides is 1. The van der Waals surface area contributed by atoms with Crippen LogP contribution in [0.5, 0.6) is 0 Å². The van der Waals surface area contributed by atoms with Crippen molar-refractivity contribution in [1.82, 2.24) is 29.2 Å². The lowest BCUT2D eigenvalue weighted by atomic mass is 10.1. The van der Waals surface area contributed by atoms with Gasteiger partial charge in [0, 0.05) is 61.5 Å². The lowest BCUT2D eigenvalue weighted by Crippen LogP contribution is -2.37. The molecular weight excluding hydrogens is 451 g/mol. The number of carbonyl (C=O) groups excluding carboxylic acids is 1. The van der Waals surface area contributed by atoms with Crippen LogP contribution in [0.3, 0.4) is 0 Å². The van der Waals surface area contributed by atoms with E-state index in [1.54, 1.807) is 17.3 Å². The van der Waals surface area contributed by atoms with E-state index >= 15 is 0 Å². The van der Waals surface area contributed by atoms with Gasteiger partial charge in [-0.1, -0.05) is 0 Å². The third-order valence-corrected chi connectivity index (χ3v) is 6.39. The summed E-state index contributed by atoms with van der Waals surface area (Å²) < 4.78 is 20.9. The number of carbonyl (C=O) groups is 1. The first-order valence-electron chi connectivity index (χ1n) is 11.4. The van der Waals surface area contributed by atoms with Crippen LogP contribution in [-0.2, 0) is 17.7 Å². The lowest BCUT2D eigenvalue weighted by molar-refractivity contribution is 0.0731. The minimum Gasteiger partial charge on any atom is -0.378 e. The normalized spacial score (nSPS) is 15.9. The van der Waals surface area contributed by atoms with Crippen LogP contribution >= 0.6 is 0 Å². The number of imidazole rings is 1. The molecule has 0 atom stereocenters. The number of rotatable bonds is 3. The van der Waals surface area contributed by atoms with Crippen molar-refractivity contribution in [2.24, 2.45) is 0 Å². The molecule has 0 unspecified atom stereocenters. The predicted molar refractivity (Wildman–Crippen MR) is 126 cm³/mol. The predicted octanol–water partition coefficient (Wildman–Crippen LogP) is 1.94. The van der Waals surface area contributed by atoms with E-state index in [0.717, 1.165) is 28.4 Å². The van der Waals surface area contributed by atoms with Crippen LogP contribution in [-0.4, -0.2) is 68.0 Å². The van der Waals surface area contributed by atoms with Crippen LogP contribution < -0.4 is 10.6 Å². The summed E-state index contributed by atoms with van der Waals surface area (Å²) in [7, 11) is 0. The molecule has 1 aromatic carbocycles. The highest BCUT2D eigenvalue weighted by atomic mass is 19.1. The van der Waals surface area contributed by atoms with Gasteiger partial charge in [0.15, 0.2) is 11.5 Å². The monoisotopic (exact) mass is 474 g/mol. The van der Waals surface area contributed by atoms with Crippen molar-refractivity contribution in [2.45, 2.75) is 13.0 Å². The fourth-order valence-corrected chi connectivity index (χ4v) is 4.56. The van der Waals surface area contributed by atoms with E-state index in [-0.39, 0.29) is 17.7 Å². The van der Waals surface area contributed by atoms with E-state index in [4.69, 9.17) is 20.4 Å². The number of ether oxygens (including phenoxy) is 1. The zero-order chi connectivity index (χ0) is 23.9. The molecule has 6 rings (SSSR count). The summed E-state index contributed by atoms with van der Waals surface area (Å²) in [6, 6.07) is 5.63. The second-order valence-electron chi connectivity index (χ2n) is 8.56. The number of nitrogens with two attached hydrogens (primary N) is 1. The van der Waals surface area contributed by atoms with Gasteiger partial charge in [-0.2, -0.15) is 0 Å². The fraction of sp³-hybridized carbons (Fsp3) is 0.292. The molecule has 10 nitrogen and oxygen atoms in total. The first-order valence-corrected chi connectivity index (χ1v) is 11.4. The Hall–Kier alpha value is -4.12. The van der Waals surface area contributed by atoms with Crippen LogP contribution in [0.25, 0.3) is 16.9 Å². The fourth-order valence-electron chi connectivity index (χ4n) is 4.56. The summed E-state index contributed by atoms with van der Waals surface area (Å²) in [5, 5.41) is 0. The first kappa shape index (κ1) is 21.4. The lowest BCUT2D eigenvalue weighted by Gasteiger charge is -2.28. The molecule has 0 aliphatic carbocycles. The molecule has 5 heterocycles. The van der Waals surface area contributed by atoms with E-state index < -0.39 is 0 Å². The van der Waals surface area contributed by atoms with Gasteiger partial charge in [0.2, 0.25) is 5.95 Å². The number of aromatic nitrogens is 5. The largest absolute Gasteiger partial charge is 0.378 e. The number of hydrogen-bond donors (Lipinski definition) is 1. The molecule has 178 valence electrons. The molecule has 0 bridgehead atoms. The third-order valence-electron chi connectivity index (χ3n) is 6.39. The van der Waals surface area contributed by atoms with E-state index in [1.165, 1.54) is 24.3 Å². The van der Waals surface area contributed by atoms with Gasteiger partial charge in [-0.25, -0.2) is 24.3 Å². The average Bonchev–Trinajstić information content (AvgIpc) is 3.27. The van der Waals surface area contributed by atoms with Crippen molar-refractivity contribution < 1.29 is 13.9 Å². The van der Waals surface area contributed by atoms with Crippen molar-refractivity contribution in [1.29, 1.82) is 0 Å². The number of anilines is 2. The van der Waals surface area contributed by atoms with Crippen molar-refractivity contribution in [3.63, 3.8) is 0 Å².